The van der Waals surface area contributed by atoms with Gasteiger partial charge in [0.2, 0.25) is 0 Å². The summed E-state index contributed by atoms with van der Waals surface area (Å²) in [5.74, 6) is 0.186. The summed E-state index contributed by atoms with van der Waals surface area (Å²) in [6.07, 6.45) is 2.90. The molecule has 0 aliphatic heterocycles. The topological polar surface area (TPSA) is 98.0 Å². The molecule has 2 aromatic rings. The Balaban J connectivity index is 2.41. The quantitative estimate of drug-likeness (QED) is 0.792. The van der Waals surface area contributed by atoms with E-state index >= 15 is 0 Å². The summed E-state index contributed by atoms with van der Waals surface area (Å²) in [5, 5.41) is 0. The van der Waals surface area contributed by atoms with Crippen molar-refractivity contribution in [1.29, 1.82) is 0 Å². The first-order valence-electron chi connectivity index (χ1n) is 5.29. The molecule has 0 aliphatic rings. The highest BCUT2D eigenvalue weighted by Crippen LogP contribution is 2.18. The summed E-state index contributed by atoms with van der Waals surface area (Å²) in [6.45, 7) is 0. The van der Waals surface area contributed by atoms with Gasteiger partial charge in [-0.25, -0.2) is 13.4 Å². The molecule has 2 aromatic heterocycles. The molecule has 6 nitrogen and oxygen atoms in total. The van der Waals surface area contributed by atoms with Crippen LogP contribution >= 0.6 is 28.1 Å². The van der Waals surface area contributed by atoms with Gasteiger partial charge in [0.25, 0.3) is 10.0 Å². The van der Waals surface area contributed by atoms with E-state index in [1.54, 1.807) is 6.07 Å². The van der Waals surface area contributed by atoms with Crippen molar-refractivity contribution in [2.45, 2.75) is 4.90 Å². The number of nitrogens with one attached hydrogen (secondary N) is 1. The Morgan fingerprint density at radius 2 is 2.05 bits per heavy atom. The maximum absolute atomic E-state index is 12.3. The van der Waals surface area contributed by atoms with Crippen LogP contribution < -0.4 is 10.5 Å². The fourth-order valence-corrected chi connectivity index (χ4v) is 3.06. The molecule has 0 atom stereocenters. The zero-order chi connectivity index (χ0) is 14.8. The van der Waals surface area contributed by atoms with Gasteiger partial charge in [0.15, 0.2) is 0 Å². The summed E-state index contributed by atoms with van der Waals surface area (Å²) < 4.78 is 27.7. The van der Waals surface area contributed by atoms with Crippen LogP contribution in [-0.2, 0) is 10.0 Å². The standard InChI is InChI=1S/C11H9BrN4O2S2/c12-7-3-4-9(15-6-7)16-20(17,18)8-2-1-5-14-10(8)11(13)19/h1-6H,(H2,13,19)(H,15,16). The minimum atomic E-state index is -3.86. The summed E-state index contributed by atoms with van der Waals surface area (Å²) in [6, 6.07) is 6.06. The van der Waals surface area contributed by atoms with Gasteiger partial charge in [-0.15, -0.1) is 0 Å². The number of sulfonamides is 1. The molecule has 0 unspecified atom stereocenters. The van der Waals surface area contributed by atoms with E-state index in [1.807, 2.05) is 0 Å². The number of hydrogen-bond donors (Lipinski definition) is 2. The number of nitrogens with two attached hydrogens (primary N) is 1. The normalized spacial score (nSPS) is 11.1. The van der Waals surface area contributed by atoms with Crippen LogP contribution in [0.4, 0.5) is 5.82 Å². The van der Waals surface area contributed by atoms with Crippen LogP contribution in [0.25, 0.3) is 0 Å². The monoisotopic (exact) mass is 372 g/mol. The largest absolute Gasteiger partial charge is 0.388 e. The number of nitrogens with zero attached hydrogens (tertiary/aromatic N) is 2. The number of anilines is 1. The van der Waals surface area contributed by atoms with Gasteiger partial charge in [-0.1, -0.05) is 12.2 Å². The number of aromatic nitrogens is 2. The lowest BCUT2D eigenvalue weighted by atomic mass is 10.3. The molecule has 0 radical (unpaired) electrons. The van der Waals surface area contributed by atoms with Gasteiger partial charge < -0.3 is 5.73 Å². The van der Waals surface area contributed by atoms with Gasteiger partial charge in [0.05, 0.1) is 0 Å². The Morgan fingerprint density at radius 1 is 1.30 bits per heavy atom. The number of pyridine rings is 2. The van der Waals surface area contributed by atoms with Gasteiger partial charge >= 0.3 is 0 Å². The second-order valence-corrected chi connectivity index (χ2v) is 6.69. The van der Waals surface area contributed by atoms with Crippen molar-refractivity contribution in [3.63, 3.8) is 0 Å². The SMILES string of the molecule is NC(=S)c1ncccc1S(=O)(=O)Nc1ccc(Br)cn1. The van der Waals surface area contributed by atoms with Crippen molar-refractivity contribution in [2.24, 2.45) is 5.73 Å². The second kappa shape index (κ2) is 5.81. The molecule has 2 rings (SSSR count). The predicted molar refractivity (Wildman–Crippen MR) is 82.9 cm³/mol. The minimum Gasteiger partial charge on any atom is -0.388 e. The highest BCUT2D eigenvalue weighted by atomic mass is 79.9. The molecule has 0 amide bonds. The molecule has 0 aliphatic carbocycles. The first-order chi connectivity index (χ1) is 9.40. The molecule has 0 aromatic carbocycles. The van der Waals surface area contributed by atoms with Crippen molar-refractivity contribution in [2.75, 3.05) is 4.72 Å². The molecule has 0 bridgehead atoms. The number of rotatable bonds is 4. The van der Waals surface area contributed by atoms with Crippen molar-refractivity contribution in [3.8, 4) is 0 Å². The van der Waals surface area contributed by atoms with Crippen molar-refractivity contribution < 1.29 is 8.42 Å². The van der Waals surface area contributed by atoms with Gasteiger partial charge in [0.1, 0.15) is 21.4 Å². The van der Waals surface area contributed by atoms with E-state index in [4.69, 9.17) is 18.0 Å². The maximum Gasteiger partial charge on any atom is 0.265 e. The van der Waals surface area contributed by atoms with Crippen LogP contribution in [0.3, 0.4) is 0 Å². The second-order valence-electron chi connectivity index (χ2n) is 3.68. The van der Waals surface area contributed by atoms with Gasteiger partial charge in [0, 0.05) is 16.9 Å². The molecular weight excluding hydrogens is 364 g/mol. The van der Waals surface area contributed by atoms with E-state index in [0.29, 0.717) is 0 Å². The Kier molecular flexibility index (Phi) is 4.31. The molecule has 2 heterocycles. The molecule has 0 saturated carbocycles. The highest BCUT2D eigenvalue weighted by Gasteiger charge is 2.21. The molecular formula is C11H9BrN4O2S2. The number of hydrogen-bond acceptors (Lipinski definition) is 5. The van der Waals surface area contributed by atoms with E-state index in [2.05, 4.69) is 30.6 Å². The Bertz CT molecular complexity index is 747. The summed E-state index contributed by atoms with van der Waals surface area (Å²) in [7, 11) is -3.86. The predicted octanol–water partition coefficient (Wildman–Crippen LogP) is 1.67. The molecule has 9 heteroatoms. The Morgan fingerprint density at radius 3 is 2.65 bits per heavy atom. The van der Waals surface area contributed by atoms with Crippen molar-refractivity contribution in [1.82, 2.24) is 9.97 Å². The van der Waals surface area contributed by atoms with Crippen LogP contribution in [0.15, 0.2) is 46.0 Å². The fraction of sp³-hybridized carbons (Fsp3) is 0. The van der Waals surface area contributed by atoms with E-state index in [-0.39, 0.29) is 21.4 Å². The minimum absolute atomic E-state index is 0.0483. The number of halogens is 1. The molecule has 104 valence electrons. The molecule has 0 spiro atoms. The van der Waals surface area contributed by atoms with E-state index < -0.39 is 10.0 Å². The van der Waals surface area contributed by atoms with Crippen LogP contribution in [0.1, 0.15) is 5.69 Å². The third-order valence-electron chi connectivity index (χ3n) is 2.26. The van der Waals surface area contributed by atoms with E-state index in [1.165, 1.54) is 30.6 Å². The number of thiocarbonyl (C=S) groups is 1. The molecule has 0 fully saturated rings. The zero-order valence-electron chi connectivity index (χ0n) is 9.95. The van der Waals surface area contributed by atoms with Crippen molar-refractivity contribution in [3.05, 3.63) is 46.8 Å². The third kappa shape index (κ3) is 3.30. The van der Waals surface area contributed by atoms with E-state index in [9.17, 15) is 8.42 Å². The lowest BCUT2D eigenvalue weighted by molar-refractivity contribution is 0.600. The first-order valence-corrected chi connectivity index (χ1v) is 7.98. The fourth-order valence-electron chi connectivity index (χ4n) is 1.42. The van der Waals surface area contributed by atoms with Crippen molar-refractivity contribution >= 4 is 49.0 Å². The summed E-state index contributed by atoms with van der Waals surface area (Å²) in [5.41, 5.74) is 5.53. The smallest absolute Gasteiger partial charge is 0.265 e. The highest BCUT2D eigenvalue weighted by molar-refractivity contribution is 9.10. The molecule has 20 heavy (non-hydrogen) atoms. The third-order valence-corrected chi connectivity index (χ3v) is 4.31. The first kappa shape index (κ1) is 14.8. The summed E-state index contributed by atoms with van der Waals surface area (Å²) >= 11 is 8.02. The van der Waals surface area contributed by atoms with Gasteiger partial charge in [-0.05, 0) is 40.2 Å². The lowest BCUT2D eigenvalue weighted by Crippen LogP contribution is -2.21. The lowest BCUT2D eigenvalue weighted by Gasteiger charge is -2.10. The molecule has 3 N–H and O–H groups in total. The Labute approximate surface area is 129 Å². The molecule has 0 saturated heterocycles. The van der Waals surface area contributed by atoms with Crippen LogP contribution in [0, 0.1) is 0 Å². The summed E-state index contributed by atoms with van der Waals surface area (Å²) in [4.78, 5) is 7.65. The maximum atomic E-state index is 12.3. The van der Waals surface area contributed by atoms with Gasteiger partial charge in [-0.3, -0.25) is 9.71 Å². The Hall–Kier alpha value is -1.58. The van der Waals surface area contributed by atoms with Crippen LogP contribution in [0.2, 0.25) is 0 Å². The van der Waals surface area contributed by atoms with Gasteiger partial charge in [-0.2, -0.15) is 0 Å². The average Bonchev–Trinajstić information content (AvgIpc) is 2.41. The zero-order valence-corrected chi connectivity index (χ0v) is 13.2. The van der Waals surface area contributed by atoms with Crippen LogP contribution in [-0.4, -0.2) is 23.4 Å². The average molecular weight is 373 g/mol. The van der Waals surface area contributed by atoms with E-state index in [0.717, 1.165) is 4.47 Å². The van der Waals surface area contributed by atoms with Crippen LogP contribution in [0.5, 0.6) is 0 Å².